The van der Waals surface area contributed by atoms with Gasteiger partial charge >= 0.3 is 0 Å². The maximum atomic E-state index is 12.7. The number of amides is 1. The van der Waals surface area contributed by atoms with Crippen LogP contribution < -0.4 is 0 Å². The summed E-state index contributed by atoms with van der Waals surface area (Å²) in [5.41, 5.74) is 0.969. The Morgan fingerprint density at radius 1 is 1.39 bits per heavy atom. The molecule has 0 saturated carbocycles. The average molecular weight is 267 g/mol. The molecule has 2 nitrogen and oxygen atoms in total. The Bertz CT molecular complexity index is 416. The number of nitrogens with zero attached hydrogens (tertiary/aromatic N) is 1. The van der Waals surface area contributed by atoms with Gasteiger partial charge in [-0.15, -0.1) is 11.8 Å². The molecule has 0 aliphatic heterocycles. The first kappa shape index (κ1) is 14.8. The van der Waals surface area contributed by atoms with E-state index in [1.54, 1.807) is 17.0 Å². The molecule has 0 bridgehead atoms. The Hall–Kier alpha value is -1.29. The first-order chi connectivity index (χ1) is 8.52. The standard InChI is InChI=1S/C14H18FNOS/c1-4-16(9-11(2)3)14(17)10-18-13-7-5-12(15)6-8-13/h5-8H,2,4,9-10H2,1,3H3. The Kier molecular flexibility index (Phi) is 5.92. The van der Waals surface area contributed by atoms with Crippen molar-refractivity contribution in [3.05, 3.63) is 42.2 Å². The number of likely N-dealkylation sites (N-methyl/N-ethyl adjacent to an activating group) is 1. The van der Waals surface area contributed by atoms with E-state index < -0.39 is 0 Å². The molecule has 0 N–H and O–H groups in total. The van der Waals surface area contributed by atoms with Crippen LogP contribution in [0.5, 0.6) is 0 Å². The zero-order valence-corrected chi connectivity index (χ0v) is 11.6. The van der Waals surface area contributed by atoms with Crippen molar-refractivity contribution >= 4 is 17.7 Å². The monoisotopic (exact) mass is 267 g/mol. The first-order valence-corrected chi connectivity index (χ1v) is 6.82. The molecule has 1 amide bonds. The molecule has 0 unspecified atom stereocenters. The Labute approximate surface area is 112 Å². The highest BCUT2D eigenvalue weighted by Gasteiger charge is 2.11. The molecule has 98 valence electrons. The van der Waals surface area contributed by atoms with Gasteiger partial charge in [0.05, 0.1) is 5.75 Å². The minimum atomic E-state index is -0.261. The topological polar surface area (TPSA) is 20.3 Å². The fraction of sp³-hybridized carbons (Fsp3) is 0.357. The molecule has 0 aliphatic carbocycles. The number of hydrogen-bond donors (Lipinski definition) is 0. The van der Waals surface area contributed by atoms with Crippen LogP contribution in [0.1, 0.15) is 13.8 Å². The van der Waals surface area contributed by atoms with E-state index in [4.69, 9.17) is 0 Å². The molecule has 1 aromatic rings. The third-order valence-corrected chi connectivity index (χ3v) is 3.37. The number of rotatable bonds is 6. The predicted octanol–water partition coefficient (Wildman–Crippen LogP) is 3.34. The van der Waals surface area contributed by atoms with Gasteiger partial charge in [0.25, 0.3) is 0 Å². The van der Waals surface area contributed by atoms with Gasteiger partial charge in [-0.3, -0.25) is 4.79 Å². The van der Waals surface area contributed by atoms with Crippen LogP contribution in [0.25, 0.3) is 0 Å². The molecule has 4 heteroatoms. The summed E-state index contributed by atoms with van der Waals surface area (Å²) in [5.74, 6) is 0.185. The van der Waals surface area contributed by atoms with Gasteiger partial charge in [0.1, 0.15) is 5.82 Å². The second-order valence-electron chi connectivity index (χ2n) is 4.11. The summed E-state index contributed by atoms with van der Waals surface area (Å²) in [6.07, 6.45) is 0. The van der Waals surface area contributed by atoms with Gasteiger partial charge in [-0.05, 0) is 38.1 Å². The summed E-state index contributed by atoms with van der Waals surface area (Å²) >= 11 is 1.42. The summed E-state index contributed by atoms with van der Waals surface area (Å²) in [6.45, 7) is 8.94. The van der Waals surface area contributed by atoms with Gasteiger partial charge in [-0.1, -0.05) is 12.2 Å². The zero-order valence-electron chi connectivity index (χ0n) is 10.8. The van der Waals surface area contributed by atoms with Crippen molar-refractivity contribution < 1.29 is 9.18 Å². The van der Waals surface area contributed by atoms with Gasteiger partial charge in [0.15, 0.2) is 0 Å². The Balaban J connectivity index is 2.49. The Morgan fingerprint density at radius 2 is 2.00 bits per heavy atom. The normalized spacial score (nSPS) is 10.2. The van der Waals surface area contributed by atoms with Crippen molar-refractivity contribution in [2.75, 3.05) is 18.8 Å². The molecule has 0 saturated heterocycles. The van der Waals surface area contributed by atoms with E-state index >= 15 is 0 Å². The minimum absolute atomic E-state index is 0.0785. The molecule has 1 rings (SSSR count). The van der Waals surface area contributed by atoms with Crippen molar-refractivity contribution in [2.45, 2.75) is 18.7 Å². The minimum Gasteiger partial charge on any atom is -0.338 e. The lowest BCUT2D eigenvalue weighted by Gasteiger charge is -2.20. The molecule has 0 aromatic heterocycles. The second-order valence-corrected chi connectivity index (χ2v) is 5.16. The van der Waals surface area contributed by atoms with E-state index in [1.807, 2.05) is 13.8 Å². The van der Waals surface area contributed by atoms with Crippen molar-refractivity contribution in [3.8, 4) is 0 Å². The molecule has 0 fully saturated rings. The number of benzene rings is 1. The van der Waals surface area contributed by atoms with Crippen LogP contribution in [0, 0.1) is 5.82 Å². The number of thioether (sulfide) groups is 1. The van der Waals surface area contributed by atoms with E-state index in [2.05, 4.69) is 6.58 Å². The van der Waals surface area contributed by atoms with Crippen LogP contribution in [0.3, 0.4) is 0 Å². The zero-order chi connectivity index (χ0) is 13.5. The number of hydrogen-bond acceptors (Lipinski definition) is 2. The molecular formula is C14H18FNOS. The summed E-state index contributed by atoms with van der Waals surface area (Å²) in [4.78, 5) is 14.6. The largest absolute Gasteiger partial charge is 0.338 e. The van der Waals surface area contributed by atoms with Gasteiger partial charge in [-0.25, -0.2) is 4.39 Å². The molecule has 1 aromatic carbocycles. The van der Waals surface area contributed by atoms with Gasteiger partial charge in [0, 0.05) is 18.0 Å². The SMILES string of the molecule is C=C(C)CN(CC)C(=O)CSc1ccc(F)cc1. The summed E-state index contributed by atoms with van der Waals surface area (Å²) in [7, 11) is 0. The Morgan fingerprint density at radius 3 is 2.50 bits per heavy atom. The quantitative estimate of drug-likeness (QED) is 0.582. The molecule has 0 spiro atoms. The summed E-state index contributed by atoms with van der Waals surface area (Å²) in [5, 5.41) is 0. The maximum Gasteiger partial charge on any atom is 0.233 e. The van der Waals surface area contributed by atoms with Crippen LogP contribution >= 0.6 is 11.8 Å². The van der Waals surface area contributed by atoms with E-state index in [9.17, 15) is 9.18 Å². The van der Waals surface area contributed by atoms with E-state index in [0.717, 1.165) is 10.5 Å². The highest BCUT2D eigenvalue weighted by Crippen LogP contribution is 2.18. The fourth-order valence-corrected chi connectivity index (χ4v) is 2.27. The van der Waals surface area contributed by atoms with E-state index in [1.165, 1.54) is 23.9 Å². The van der Waals surface area contributed by atoms with Crippen molar-refractivity contribution in [1.29, 1.82) is 0 Å². The lowest BCUT2D eigenvalue weighted by atomic mass is 10.3. The second kappa shape index (κ2) is 7.21. The lowest BCUT2D eigenvalue weighted by Crippen LogP contribution is -2.33. The summed E-state index contributed by atoms with van der Waals surface area (Å²) < 4.78 is 12.7. The summed E-state index contributed by atoms with van der Waals surface area (Å²) in [6, 6.07) is 6.17. The van der Waals surface area contributed by atoms with Crippen LogP contribution in [-0.2, 0) is 4.79 Å². The van der Waals surface area contributed by atoms with Crippen LogP contribution in [0.15, 0.2) is 41.3 Å². The van der Waals surface area contributed by atoms with Crippen LogP contribution in [-0.4, -0.2) is 29.6 Å². The lowest BCUT2D eigenvalue weighted by molar-refractivity contribution is -0.127. The van der Waals surface area contributed by atoms with Gasteiger partial charge < -0.3 is 4.90 Å². The van der Waals surface area contributed by atoms with Crippen LogP contribution in [0.4, 0.5) is 4.39 Å². The first-order valence-electron chi connectivity index (χ1n) is 5.83. The van der Waals surface area contributed by atoms with Crippen molar-refractivity contribution in [2.24, 2.45) is 0 Å². The van der Waals surface area contributed by atoms with Crippen molar-refractivity contribution in [1.82, 2.24) is 4.90 Å². The molecule has 18 heavy (non-hydrogen) atoms. The average Bonchev–Trinajstić information content (AvgIpc) is 2.34. The fourth-order valence-electron chi connectivity index (χ4n) is 1.47. The van der Waals surface area contributed by atoms with E-state index in [0.29, 0.717) is 18.8 Å². The highest BCUT2D eigenvalue weighted by molar-refractivity contribution is 8.00. The van der Waals surface area contributed by atoms with Gasteiger partial charge in [0.2, 0.25) is 5.91 Å². The number of halogens is 1. The third-order valence-electron chi connectivity index (χ3n) is 2.37. The number of carbonyl (C=O) groups is 1. The molecule has 0 atom stereocenters. The molecule has 0 radical (unpaired) electrons. The number of carbonyl (C=O) groups excluding carboxylic acids is 1. The molecular weight excluding hydrogens is 249 g/mol. The third kappa shape index (κ3) is 4.92. The smallest absolute Gasteiger partial charge is 0.233 e. The molecule has 0 heterocycles. The predicted molar refractivity (Wildman–Crippen MR) is 74.2 cm³/mol. The maximum absolute atomic E-state index is 12.7. The van der Waals surface area contributed by atoms with Crippen molar-refractivity contribution in [3.63, 3.8) is 0 Å². The van der Waals surface area contributed by atoms with Crippen LogP contribution in [0.2, 0.25) is 0 Å². The van der Waals surface area contributed by atoms with E-state index in [-0.39, 0.29) is 11.7 Å². The van der Waals surface area contributed by atoms with Gasteiger partial charge in [-0.2, -0.15) is 0 Å². The molecule has 0 aliphatic rings. The highest BCUT2D eigenvalue weighted by atomic mass is 32.2.